The molecule has 8 heteroatoms. The number of hydrogen-bond acceptors (Lipinski definition) is 4. The number of rotatable bonds is 6. The van der Waals surface area contributed by atoms with Gasteiger partial charge < -0.3 is 10.6 Å². The Kier molecular flexibility index (Phi) is 8.20. The second-order valence-electron chi connectivity index (χ2n) is 6.24. The van der Waals surface area contributed by atoms with Gasteiger partial charge in [0.1, 0.15) is 0 Å². The van der Waals surface area contributed by atoms with Crippen LogP contribution in [0.3, 0.4) is 0 Å². The van der Waals surface area contributed by atoms with Crippen molar-refractivity contribution < 1.29 is 13.2 Å². The number of aryl methyl sites for hydroxylation is 1. The number of hydrogen-bond donors (Lipinski definition) is 3. The fraction of sp³-hybridized carbons (Fsp3) is 0.533. The largest absolute Gasteiger partial charge is 0.326 e. The first-order valence-corrected chi connectivity index (χ1v) is 8.62. The van der Waals surface area contributed by atoms with Gasteiger partial charge >= 0.3 is 0 Å². The first kappa shape index (κ1) is 21.9. The van der Waals surface area contributed by atoms with E-state index in [0.717, 1.165) is 0 Å². The fourth-order valence-corrected chi connectivity index (χ4v) is 3.58. The van der Waals surface area contributed by atoms with Crippen molar-refractivity contribution in [2.75, 3.05) is 18.9 Å². The monoisotopic (exact) mass is 363 g/mol. The lowest BCUT2D eigenvalue weighted by molar-refractivity contribution is -0.116. The van der Waals surface area contributed by atoms with Crippen LogP contribution < -0.4 is 15.4 Å². The molecule has 0 aliphatic rings. The smallest absolute Gasteiger partial charge is 0.241 e. The molecule has 1 aromatic rings. The highest BCUT2D eigenvalue weighted by atomic mass is 35.5. The average Bonchev–Trinajstić information content (AvgIpc) is 2.35. The molecule has 132 valence electrons. The molecule has 1 aromatic carbocycles. The van der Waals surface area contributed by atoms with Gasteiger partial charge in [0.25, 0.3) is 0 Å². The molecule has 0 saturated heterocycles. The lowest BCUT2D eigenvalue weighted by Gasteiger charge is -2.21. The molecule has 0 unspecified atom stereocenters. The average molecular weight is 364 g/mol. The summed E-state index contributed by atoms with van der Waals surface area (Å²) in [5, 5.41) is 5.60. The van der Waals surface area contributed by atoms with Crippen LogP contribution in [0.2, 0.25) is 0 Å². The van der Waals surface area contributed by atoms with E-state index in [-0.39, 0.29) is 23.2 Å². The standard InChI is InChI=1S/C15H25N3O3S.ClH/c1-11-6-7-12(17-14(19)8-9-16-5)10-13(11)22(20,21)18-15(2,3)4;/h6-7,10,16,18H,8-9H2,1-5H3,(H,17,19);1H. The maximum atomic E-state index is 12.4. The second-order valence-corrected chi connectivity index (χ2v) is 7.89. The Bertz CT molecular complexity index is 640. The molecule has 0 atom stereocenters. The molecule has 0 aliphatic heterocycles. The second kappa shape index (κ2) is 8.63. The van der Waals surface area contributed by atoms with E-state index in [2.05, 4.69) is 15.4 Å². The summed E-state index contributed by atoms with van der Waals surface area (Å²) < 4.78 is 27.5. The van der Waals surface area contributed by atoms with Crippen LogP contribution in [0.15, 0.2) is 23.1 Å². The van der Waals surface area contributed by atoms with E-state index in [9.17, 15) is 13.2 Å². The number of halogens is 1. The summed E-state index contributed by atoms with van der Waals surface area (Å²) >= 11 is 0. The summed E-state index contributed by atoms with van der Waals surface area (Å²) in [5.74, 6) is -0.162. The molecule has 23 heavy (non-hydrogen) atoms. The summed E-state index contributed by atoms with van der Waals surface area (Å²) in [7, 11) is -1.87. The summed E-state index contributed by atoms with van der Waals surface area (Å²) in [6, 6.07) is 4.87. The summed E-state index contributed by atoms with van der Waals surface area (Å²) in [6.45, 7) is 7.63. The van der Waals surface area contributed by atoms with Crippen molar-refractivity contribution in [1.29, 1.82) is 0 Å². The van der Waals surface area contributed by atoms with E-state index >= 15 is 0 Å². The van der Waals surface area contributed by atoms with Gasteiger partial charge in [0, 0.05) is 24.2 Å². The third-order valence-corrected chi connectivity index (χ3v) is 4.70. The van der Waals surface area contributed by atoms with Gasteiger partial charge in [0.05, 0.1) is 4.90 Å². The first-order valence-electron chi connectivity index (χ1n) is 7.14. The van der Waals surface area contributed by atoms with Crippen molar-refractivity contribution in [3.05, 3.63) is 23.8 Å². The minimum absolute atomic E-state index is 0. The van der Waals surface area contributed by atoms with E-state index in [4.69, 9.17) is 0 Å². The minimum Gasteiger partial charge on any atom is -0.326 e. The van der Waals surface area contributed by atoms with Crippen LogP contribution in [-0.2, 0) is 14.8 Å². The normalized spacial score (nSPS) is 11.7. The summed E-state index contributed by atoms with van der Waals surface area (Å²) in [5.41, 5.74) is 0.531. The number of carbonyl (C=O) groups is 1. The summed E-state index contributed by atoms with van der Waals surface area (Å²) in [4.78, 5) is 11.9. The Hall–Kier alpha value is -1.15. The van der Waals surface area contributed by atoms with Crippen molar-refractivity contribution in [3.63, 3.8) is 0 Å². The van der Waals surface area contributed by atoms with Crippen LogP contribution in [0.4, 0.5) is 5.69 Å². The molecule has 0 spiro atoms. The van der Waals surface area contributed by atoms with E-state index in [1.54, 1.807) is 46.9 Å². The van der Waals surface area contributed by atoms with Crippen molar-refractivity contribution in [3.8, 4) is 0 Å². The Morgan fingerprint density at radius 1 is 1.22 bits per heavy atom. The maximum absolute atomic E-state index is 12.4. The SMILES string of the molecule is CNCCC(=O)Nc1ccc(C)c(S(=O)(=O)NC(C)(C)C)c1.Cl. The highest BCUT2D eigenvalue weighted by Gasteiger charge is 2.24. The molecule has 0 fully saturated rings. The maximum Gasteiger partial charge on any atom is 0.241 e. The Labute approximate surface area is 144 Å². The van der Waals surface area contributed by atoms with Gasteiger partial charge in [-0.15, -0.1) is 12.4 Å². The van der Waals surface area contributed by atoms with E-state index in [1.165, 1.54) is 6.07 Å². The third-order valence-electron chi connectivity index (χ3n) is 2.80. The van der Waals surface area contributed by atoms with Gasteiger partial charge in [0.2, 0.25) is 15.9 Å². The molecule has 1 amide bonds. The highest BCUT2D eigenvalue weighted by molar-refractivity contribution is 7.89. The number of amides is 1. The lowest BCUT2D eigenvalue weighted by atomic mass is 10.1. The molecule has 0 saturated carbocycles. The number of benzene rings is 1. The minimum atomic E-state index is -3.64. The van der Waals surface area contributed by atoms with Crippen molar-refractivity contribution in [1.82, 2.24) is 10.0 Å². The van der Waals surface area contributed by atoms with Gasteiger partial charge in [-0.2, -0.15) is 0 Å². The molecule has 1 rings (SSSR count). The van der Waals surface area contributed by atoms with Gasteiger partial charge in [0.15, 0.2) is 0 Å². The predicted molar refractivity (Wildman–Crippen MR) is 95.7 cm³/mol. The van der Waals surface area contributed by atoms with Crippen molar-refractivity contribution in [2.45, 2.75) is 44.6 Å². The third kappa shape index (κ3) is 7.30. The highest BCUT2D eigenvalue weighted by Crippen LogP contribution is 2.21. The van der Waals surface area contributed by atoms with Crippen molar-refractivity contribution in [2.24, 2.45) is 0 Å². The number of sulfonamides is 1. The Morgan fingerprint density at radius 2 is 1.83 bits per heavy atom. The number of nitrogens with one attached hydrogen (secondary N) is 3. The first-order chi connectivity index (χ1) is 10.0. The van der Waals surface area contributed by atoms with Gasteiger partial charge in [-0.1, -0.05) is 6.07 Å². The van der Waals surface area contributed by atoms with E-state index < -0.39 is 15.6 Å². The van der Waals surface area contributed by atoms with E-state index in [1.807, 2.05) is 0 Å². The fourth-order valence-electron chi connectivity index (χ4n) is 1.89. The predicted octanol–water partition coefficient (Wildman–Crippen LogP) is 2.04. The zero-order valence-electron chi connectivity index (χ0n) is 14.2. The summed E-state index contributed by atoms with van der Waals surface area (Å²) in [6.07, 6.45) is 0.326. The Morgan fingerprint density at radius 3 is 2.35 bits per heavy atom. The zero-order chi connectivity index (χ0) is 17.0. The molecule has 0 aromatic heterocycles. The van der Waals surface area contributed by atoms with Gasteiger partial charge in [-0.25, -0.2) is 13.1 Å². The molecular formula is C15H26ClN3O3S. The van der Waals surface area contributed by atoms with Crippen molar-refractivity contribution >= 4 is 34.0 Å². The van der Waals surface area contributed by atoms with Gasteiger partial charge in [-0.3, -0.25) is 4.79 Å². The number of anilines is 1. The molecule has 3 N–H and O–H groups in total. The molecule has 0 radical (unpaired) electrons. The van der Waals surface area contributed by atoms with Crippen LogP contribution in [0.25, 0.3) is 0 Å². The lowest BCUT2D eigenvalue weighted by Crippen LogP contribution is -2.40. The molecule has 0 heterocycles. The van der Waals surface area contributed by atoms with E-state index in [0.29, 0.717) is 24.2 Å². The van der Waals surface area contributed by atoms with Crippen LogP contribution in [0.1, 0.15) is 32.8 Å². The Balaban J connectivity index is 0.00000484. The van der Waals surface area contributed by atoms with Gasteiger partial charge in [-0.05, 0) is 52.4 Å². The van der Waals surface area contributed by atoms with Crippen LogP contribution in [0.5, 0.6) is 0 Å². The van der Waals surface area contributed by atoms with Crippen LogP contribution in [0, 0.1) is 6.92 Å². The van der Waals surface area contributed by atoms with Crippen LogP contribution >= 0.6 is 12.4 Å². The van der Waals surface area contributed by atoms with Crippen LogP contribution in [-0.4, -0.2) is 33.5 Å². The molecule has 6 nitrogen and oxygen atoms in total. The topological polar surface area (TPSA) is 87.3 Å². The quantitative estimate of drug-likeness (QED) is 0.721. The molecular weight excluding hydrogens is 338 g/mol. The molecule has 0 bridgehead atoms. The number of carbonyl (C=O) groups excluding carboxylic acids is 1. The zero-order valence-corrected chi connectivity index (χ0v) is 15.8. The molecule has 0 aliphatic carbocycles.